The number of para-hydroxylation sites is 1. The van der Waals surface area contributed by atoms with Gasteiger partial charge in [-0.05, 0) is 35.9 Å². The van der Waals surface area contributed by atoms with E-state index in [-0.39, 0.29) is 29.5 Å². The number of carbonyl (C=O) groups excluding carboxylic acids is 1. The number of rotatable bonds is 3. The molecule has 1 aliphatic heterocycles. The lowest BCUT2D eigenvalue weighted by Gasteiger charge is -2.26. The first kappa shape index (κ1) is 18.9. The van der Waals surface area contributed by atoms with E-state index in [4.69, 9.17) is 13.9 Å². The summed E-state index contributed by atoms with van der Waals surface area (Å²) in [4.78, 5) is 25.6. The summed E-state index contributed by atoms with van der Waals surface area (Å²) in [5, 5.41) is 9.92. The van der Waals surface area contributed by atoms with Gasteiger partial charge in [-0.1, -0.05) is 30.3 Å². The SMILES string of the molecule is COc1ccccc1[C@H]1CC(=O)Oc2ccc3c(=O)c(-c4ccc(O)cc4)coc3c21. The topological polar surface area (TPSA) is 86.0 Å². The Balaban J connectivity index is 1.75. The Morgan fingerprint density at radius 3 is 2.55 bits per heavy atom. The van der Waals surface area contributed by atoms with Crippen LogP contribution in [0.5, 0.6) is 17.2 Å². The number of fused-ring (bicyclic) bond motifs is 3. The van der Waals surface area contributed by atoms with Crippen LogP contribution in [0.15, 0.2) is 76.1 Å². The van der Waals surface area contributed by atoms with Gasteiger partial charge >= 0.3 is 5.97 Å². The Kier molecular flexibility index (Phi) is 4.47. The third kappa shape index (κ3) is 3.13. The highest BCUT2D eigenvalue weighted by Crippen LogP contribution is 2.45. The normalized spacial score (nSPS) is 15.4. The Labute approximate surface area is 177 Å². The number of phenols is 1. The maximum atomic E-state index is 13.3. The number of phenolic OH excluding ortho intramolecular Hbond substituents is 1. The van der Waals surface area contributed by atoms with Crippen molar-refractivity contribution in [3.63, 3.8) is 0 Å². The molecule has 1 aliphatic rings. The average Bonchev–Trinajstić information content (AvgIpc) is 2.79. The molecule has 0 saturated carbocycles. The Morgan fingerprint density at radius 1 is 1.00 bits per heavy atom. The Morgan fingerprint density at radius 2 is 1.77 bits per heavy atom. The van der Waals surface area contributed by atoms with Crippen LogP contribution in [-0.4, -0.2) is 18.2 Å². The van der Waals surface area contributed by atoms with Crippen molar-refractivity contribution in [1.82, 2.24) is 0 Å². The van der Waals surface area contributed by atoms with E-state index < -0.39 is 0 Å². The maximum Gasteiger partial charge on any atom is 0.312 e. The van der Waals surface area contributed by atoms with Crippen molar-refractivity contribution in [3.8, 4) is 28.4 Å². The summed E-state index contributed by atoms with van der Waals surface area (Å²) in [7, 11) is 1.58. The molecule has 0 fully saturated rings. The van der Waals surface area contributed by atoms with Crippen molar-refractivity contribution in [2.45, 2.75) is 12.3 Å². The third-order valence-corrected chi connectivity index (χ3v) is 5.58. The molecule has 2 heterocycles. The molecule has 0 radical (unpaired) electrons. The van der Waals surface area contributed by atoms with Crippen LogP contribution < -0.4 is 14.9 Å². The first-order valence-corrected chi connectivity index (χ1v) is 9.78. The maximum absolute atomic E-state index is 13.3. The number of ether oxygens (including phenoxy) is 2. The lowest BCUT2D eigenvalue weighted by Crippen LogP contribution is -2.22. The molecule has 31 heavy (non-hydrogen) atoms. The lowest BCUT2D eigenvalue weighted by molar-refractivity contribution is -0.135. The lowest BCUT2D eigenvalue weighted by atomic mass is 9.84. The van der Waals surface area contributed by atoms with E-state index in [1.54, 1.807) is 31.4 Å². The van der Waals surface area contributed by atoms with Crippen molar-refractivity contribution in [2.75, 3.05) is 7.11 Å². The summed E-state index contributed by atoms with van der Waals surface area (Å²) in [6.45, 7) is 0. The van der Waals surface area contributed by atoms with Crippen LogP contribution in [0, 0.1) is 0 Å². The molecule has 5 rings (SSSR count). The van der Waals surface area contributed by atoms with Crippen LogP contribution in [0.4, 0.5) is 0 Å². The summed E-state index contributed by atoms with van der Waals surface area (Å²) in [5.74, 6) is 0.405. The molecule has 6 heteroatoms. The van der Waals surface area contributed by atoms with Gasteiger partial charge in [0.15, 0.2) is 0 Å². The zero-order valence-corrected chi connectivity index (χ0v) is 16.6. The van der Waals surface area contributed by atoms with Gasteiger partial charge in [0.1, 0.15) is 29.1 Å². The van der Waals surface area contributed by atoms with Crippen LogP contribution in [-0.2, 0) is 4.79 Å². The molecular formula is C25H18O6. The fourth-order valence-electron chi connectivity index (χ4n) is 4.12. The minimum Gasteiger partial charge on any atom is -0.508 e. The minimum absolute atomic E-state index is 0.107. The van der Waals surface area contributed by atoms with Crippen molar-refractivity contribution in [3.05, 3.63) is 88.3 Å². The van der Waals surface area contributed by atoms with E-state index in [1.807, 2.05) is 24.3 Å². The molecule has 0 amide bonds. The van der Waals surface area contributed by atoms with Crippen LogP contribution in [0.3, 0.4) is 0 Å². The predicted molar refractivity (Wildman–Crippen MR) is 115 cm³/mol. The zero-order chi connectivity index (χ0) is 21.5. The molecule has 0 spiro atoms. The number of hydrogen-bond donors (Lipinski definition) is 1. The number of benzene rings is 3. The predicted octanol–water partition coefficient (Wildman–Crippen LogP) is 4.62. The number of hydrogen-bond acceptors (Lipinski definition) is 6. The smallest absolute Gasteiger partial charge is 0.312 e. The van der Waals surface area contributed by atoms with Crippen molar-refractivity contribution >= 4 is 16.9 Å². The molecule has 4 aromatic rings. The van der Waals surface area contributed by atoms with E-state index in [0.29, 0.717) is 39.2 Å². The summed E-state index contributed by atoms with van der Waals surface area (Å²) in [5.41, 5.74) is 2.67. The minimum atomic E-state index is -0.376. The van der Waals surface area contributed by atoms with E-state index in [9.17, 15) is 14.7 Å². The van der Waals surface area contributed by atoms with E-state index in [2.05, 4.69) is 0 Å². The van der Waals surface area contributed by atoms with Gasteiger partial charge in [0.2, 0.25) is 5.43 Å². The summed E-state index contributed by atoms with van der Waals surface area (Å²) in [6, 6.07) is 17.1. The number of esters is 1. The Hall–Kier alpha value is -4.06. The van der Waals surface area contributed by atoms with Gasteiger partial charge in [-0.15, -0.1) is 0 Å². The van der Waals surface area contributed by atoms with E-state index in [1.165, 1.54) is 18.4 Å². The van der Waals surface area contributed by atoms with Crippen LogP contribution in [0.2, 0.25) is 0 Å². The number of aromatic hydroxyl groups is 1. The first-order chi connectivity index (χ1) is 15.1. The quantitative estimate of drug-likeness (QED) is 0.389. The van der Waals surface area contributed by atoms with Crippen molar-refractivity contribution in [2.24, 2.45) is 0 Å². The molecule has 0 saturated heterocycles. The molecule has 1 atom stereocenters. The van der Waals surface area contributed by atoms with Crippen LogP contribution in [0.1, 0.15) is 23.5 Å². The van der Waals surface area contributed by atoms with Crippen molar-refractivity contribution < 1.29 is 23.8 Å². The highest BCUT2D eigenvalue weighted by atomic mass is 16.5. The molecular weight excluding hydrogens is 396 g/mol. The fraction of sp³-hybridized carbons (Fsp3) is 0.120. The van der Waals surface area contributed by atoms with Crippen LogP contribution in [0.25, 0.3) is 22.1 Å². The highest BCUT2D eigenvalue weighted by molar-refractivity contribution is 5.90. The number of methoxy groups -OCH3 is 1. The second-order valence-electron chi connectivity index (χ2n) is 7.35. The van der Waals surface area contributed by atoms with Gasteiger partial charge in [-0.25, -0.2) is 0 Å². The van der Waals surface area contributed by atoms with E-state index in [0.717, 1.165) is 5.56 Å². The van der Waals surface area contributed by atoms with Gasteiger partial charge in [0.05, 0.1) is 24.5 Å². The van der Waals surface area contributed by atoms with E-state index >= 15 is 0 Å². The van der Waals surface area contributed by atoms with Crippen LogP contribution >= 0.6 is 0 Å². The fourth-order valence-corrected chi connectivity index (χ4v) is 4.12. The summed E-state index contributed by atoms with van der Waals surface area (Å²) in [6.07, 6.45) is 1.52. The number of carbonyl (C=O) groups is 1. The summed E-state index contributed by atoms with van der Waals surface area (Å²) < 4.78 is 16.9. The molecule has 154 valence electrons. The molecule has 0 aliphatic carbocycles. The standard InChI is InChI=1S/C25H18O6/c1-29-20-5-3-2-4-16(20)18-12-22(27)31-21-11-10-17-24(28)19(13-30-25(17)23(18)21)14-6-8-15(26)9-7-14/h2-11,13,18,26H,12H2,1H3/t18-/m1/s1. The Bertz CT molecular complexity index is 1370. The summed E-state index contributed by atoms with van der Waals surface area (Å²) >= 11 is 0. The highest BCUT2D eigenvalue weighted by Gasteiger charge is 2.33. The van der Waals surface area contributed by atoms with Gasteiger partial charge in [-0.2, -0.15) is 0 Å². The van der Waals surface area contributed by atoms with Gasteiger partial charge in [0.25, 0.3) is 0 Å². The van der Waals surface area contributed by atoms with Gasteiger partial charge in [-0.3, -0.25) is 9.59 Å². The monoisotopic (exact) mass is 414 g/mol. The largest absolute Gasteiger partial charge is 0.508 e. The third-order valence-electron chi connectivity index (χ3n) is 5.58. The average molecular weight is 414 g/mol. The first-order valence-electron chi connectivity index (χ1n) is 9.78. The second-order valence-corrected chi connectivity index (χ2v) is 7.35. The molecule has 6 nitrogen and oxygen atoms in total. The molecule has 0 unspecified atom stereocenters. The molecule has 1 aromatic heterocycles. The molecule has 0 bridgehead atoms. The second kappa shape index (κ2) is 7.32. The van der Waals surface area contributed by atoms with Crippen molar-refractivity contribution in [1.29, 1.82) is 0 Å². The molecule has 1 N–H and O–H groups in total. The van der Waals surface area contributed by atoms with Gasteiger partial charge in [0, 0.05) is 17.0 Å². The van der Waals surface area contributed by atoms with Gasteiger partial charge < -0.3 is 19.0 Å². The molecule has 3 aromatic carbocycles. The zero-order valence-electron chi connectivity index (χ0n) is 16.6.